The zero-order chi connectivity index (χ0) is 9.26. The third-order valence-electron chi connectivity index (χ3n) is 1.70. The summed E-state index contributed by atoms with van der Waals surface area (Å²) in [5.74, 6) is -0.350. The van der Waals surface area contributed by atoms with Gasteiger partial charge in [0.1, 0.15) is 17.9 Å². The van der Waals surface area contributed by atoms with Crippen LogP contribution in [0.5, 0.6) is 0 Å². The molecule has 64 valence electrons. The predicted molar refractivity (Wildman–Crippen MR) is 43.1 cm³/mol. The normalized spacial score (nSPS) is 10.2. The summed E-state index contributed by atoms with van der Waals surface area (Å²) in [7, 11) is 0. The van der Waals surface area contributed by atoms with E-state index in [9.17, 15) is 4.39 Å². The Morgan fingerprint density at radius 1 is 1.54 bits per heavy atom. The van der Waals surface area contributed by atoms with E-state index >= 15 is 0 Å². The van der Waals surface area contributed by atoms with Gasteiger partial charge in [0, 0.05) is 6.07 Å². The highest BCUT2D eigenvalue weighted by molar-refractivity contribution is 5.74. The second kappa shape index (κ2) is 2.83. The molecule has 1 heterocycles. The first-order chi connectivity index (χ1) is 6.31. The molecule has 0 saturated carbocycles. The Hall–Kier alpha value is -1.96. The zero-order valence-corrected chi connectivity index (χ0v) is 6.61. The fourth-order valence-electron chi connectivity index (χ4n) is 1.13. The first kappa shape index (κ1) is 7.68. The maximum absolute atomic E-state index is 12.7. The molecular formula is C8H5FN4. The molecule has 0 aliphatic heterocycles. The van der Waals surface area contributed by atoms with Gasteiger partial charge >= 0.3 is 0 Å². The number of benzene rings is 1. The highest BCUT2D eigenvalue weighted by atomic mass is 19.1. The van der Waals surface area contributed by atoms with Gasteiger partial charge in [-0.25, -0.2) is 9.07 Å². The molecule has 0 atom stereocenters. The molecular weight excluding hydrogens is 171 g/mol. The van der Waals surface area contributed by atoms with E-state index in [0.29, 0.717) is 11.0 Å². The van der Waals surface area contributed by atoms with E-state index in [4.69, 9.17) is 5.26 Å². The smallest absolute Gasteiger partial charge is 0.130 e. The fraction of sp³-hybridized carbons (Fsp3) is 0.125. The Labute approximate surface area is 73.2 Å². The van der Waals surface area contributed by atoms with E-state index in [0.717, 1.165) is 0 Å². The highest BCUT2D eigenvalue weighted by Gasteiger charge is 2.03. The number of nitrogens with zero attached hydrogens (tertiary/aromatic N) is 4. The van der Waals surface area contributed by atoms with Gasteiger partial charge in [0.2, 0.25) is 0 Å². The lowest BCUT2D eigenvalue weighted by atomic mass is 10.3. The molecule has 0 spiro atoms. The minimum atomic E-state index is -0.350. The van der Waals surface area contributed by atoms with Gasteiger partial charge in [0.15, 0.2) is 0 Å². The molecule has 2 aromatic rings. The van der Waals surface area contributed by atoms with Crippen molar-refractivity contribution in [1.29, 1.82) is 5.26 Å². The average molecular weight is 176 g/mol. The van der Waals surface area contributed by atoms with Crippen LogP contribution in [-0.4, -0.2) is 15.0 Å². The first-order valence-electron chi connectivity index (χ1n) is 3.67. The predicted octanol–water partition coefficient (Wildman–Crippen LogP) is 1.09. The Kier molecular flexibility index (Phi) is 1.67. The molecule has 0 radical (unpaired) electrons. The first-order valence-corrected chi connectivity index (χ1v) is 3.67. The number of hydrogen-bond donors (Lipinski definition) is 0. The number of rotatable bonds is 1. The fourth-order valence-corrected chi connectivity index (χ4v) is 1.13. The van der Waals surface area contributed by atoms with Crippen molar-refractivity contribution >= 4 is 11.0 Å². The quantitative estimate of drug-likeness (QED) is 0.653. The van der Waals surface area contributed by atoms with Crippen molar-refractivity contribution < 1.29 is 4.39 Å². The van der Waals surface area contributed by atoms with E-state index in [1.807, 2.05) is 6.07 Å². The van der Waals surface area contributed by atoms with Gasteiger partial charge in [-0.15, -0.1) is 5.10 Å². The lowest BCUT2D eigenvalue weighted by Gasteiger charge is -1.92. The molecule has 1 aromatic heterocycles. The minimum absolute atomic E-state index is 0.127. The monoisotopic (exact) mass is 176 g/mol. The van der Waals surface area contributed by atoms with Gasteiger partial charge in [-0.2, -0.15) is 5.26 Å². The van der Waals surface area contributed by atoms with Crippen LogP contribution < -0.4 is 0 Å². The number of hydrogen-bond acceptors (Lipinski definition) is 3. The lowest BCUT2D eigenvalue weighted by molar-refractivity contribution is 0.629. The molecule has 0 aliphatic rings. The van der Waals surface area contributed by atoms with E-state index < -0.39 is 0 Å². The van der Waals surface area contributed by atoms with Gasteiger partial charge in [0.05, 0.1) is 11.6 Å². The van der Waals surface area contributed by atoms with Crippen molar-refractivity contribution in [2.24, 2.45) is 0 Å². The van der Waals surface area contributed by atoms with E-state index in [2.05, 4.69) is 10.3 Å². The Morgan fingerprint density at radius 3 is 3.15 bits per heavy atom. The Balaban J connectivity index is 2.63. The van der Waals surface area contributed by atoms with Gasteiger partial charge in [-0.3, -0.25) is 0 Å². The summed E-state index contributed by atoms with van der Waals surface area (Å²) in [6.07, 6.45) is 0. The summed E-state index contributed by atoms with van der Waals surface area (Å²) in [4.78, 5) is 0. The summed E-state index contributed by atoms with van der Waals surface area (Å²) < 4.78 is 14.1. The number of nitriles is 1. The van der Waals surface area contributed by atoms with Crippen LogP contribution in [0, 0.1) is 17.1 Å². The number of halogens is 1. The van der Waals surface area contributed by atoms with E-state index in [-0.39, 0.29) is 12.4 Å². The molecule has 0 fully saturated rings. The van der Waals surface area contributed by atoms with Gasteiger partial charge < -0.3 is 0 Å². The maximum atomic E-state index is 12.7. The number of fused-ring (bicyclic) bond motifs is 1. The Morgan fingerprint density at radius 2 is 2.38 bits per heavy atom. The van der Waals surface area contributed by atoms with Crippen LogP contribution in [0.2, 0.25) is 0 Å². The van der Waals surface area contributed by atoms with Crippen LogP contribution in [0.15, 0.2) is 18.2 Å². The van der Waals surface area contributed by atoms with Crippen molar-refractivity contribution in [2.75, 3.05) is 0 Å². The van der Waals surface area contributed by atoms with Crippen molar-refractivity contribution in [3.8, 4) is 6.07 Å². The highest BCUT2D eigenvalue weighted by Crippen LogP contribution is 2.11. The minimum Gasteiger partial charge on any atom is -0.230 e. The molecule has 1 aromatic carbocycles. The lowest BCUT2D eigenvalue weighted by Crippen LogP contribution is -1.97. The Bertz CT molecular complexity index is 482. The van der Waals surface area contributed by atoms with Crippen LogP contribution in [0.25, 0.3) is 11.0 Å². The van der Waals surface area contributed by atoms with Crippen LogP contribution in [-0.2, 0) is 6.54 Å². The second-order valence-corrected chi connectivity index (χ2v) is 2.54. The molecule has 0 N–H and O–H groups in total. The standard InChI is InChI=1S/C8H5FN4/c9-6-1-2-8-7(5-6)11-12-13(8)4-3-10/h1-2,5H,4H2. The summed E-state index contributed by atoms with van der Waals surface area (Å²) in [6, 6.07) is 6.11. The molecule has 0 bridgehead atoms. The van der Waals surface area contributed by atoms with Crippen molar-refractivity contribution in [1.82, 2.24) is 15.0 Å². The van der Waals surface area contributed by atoms with Crippen molar-refractivity contribution in [3.05, 3.63) is 24.0 Å². The van der Waals surface area contributed by atoms with Crippen molar-refractivity contribution in [2.45, 2.75) is 6.54 Å². The van der Waals surface area contributed by atoms with Crippen LogP contribution in [0.4, 0.5) is 4.39 Å². The van der Waals surface area contributed by atoms with Gasteiger partial charge in [-0.1, -0.05) is 5.21 Å². The SMILES string of the molecule is N#CCn1nnc2cc(F)ccc21. The average Bonchev–Trinajstić information content (AvgIpc) is 2.49. The van der Waals surface area contributed by atoms with Gasteiger partial charge in [0.25, 0.3) is 0 Å². The zero-order valence-electron chi connectivity index (χ0n) is 6.61. The summed E-state index contributed by atoms with van der Waals surface area (Å²) in [6.45, 7) is 0.127. The third-order valence-corrected chi connectivity index (χ3v) is 1.70. The second-order valence-electron chi connectivity index (χ2n) is 2.54. The van der Waals surface area contributed by atoms with E-state index in [1.54, 1.807) is 6.07 Å². The van der Waals surface area contributed by atoms with Gasteiger partial charge in [-0.05, 0) is 12.1 Å². The largest absolute Gasteiger partial charge is 0.230 e. The molecule has 5 heteroatoms. The summed E-state index contributed by atoms with van der Waals surface area (Å²) in [5, 5.41) is 15.9. The summed E-state index contributed by atoms with van der Waals surface area (Å²) in [5.41, 5.74) is 1.14. The van der Waals surface area contributed by atoms with Crippen LogP contribution >= 0.6 is 0 Å². The molecule has 0 saturated heterocycles. The molecule has 0 amide bonds. The topological polar surface area (TPSA) is 54.5 Å². The molecule has 0 unspecified atom stereocenters. The van der Waals surface area contributed by atoms with Crippen LogP contribution in [0.3, 0.4) is 0 Å². The molecule has 13 heavy (non-hydrogen) atoms. The molecule has 0 aliphatic carbocycles. The van der Waals surface area contributed by atoms with Crippen molar-refractivity contribution in [3.63, 3.8) is 0 Å². The summed E-state index contributed by atoms with van der Waals surface area (Å²) >= 11 is 0. The third kappa shape index (κ3) is 1.22. The number of aromatic nitrogens is 3. The maximum Gasteiger partial charge on any atom is 0.130 e. The molecule has 2 rings (SSSR count). The van der Waals surface area contributed by atoms with Crippen LogP contribution in [0.1, 0.15) is 0 Å². The molecule has 4 nitrogen and oxygen atoms in total. The van der Waals surface area contributed by atoms with E-state index in [1.165, 1.54) is 16.8 Å².